The number of hydrogen-bond acceptors (Lipinski definition) is 2. The van der Waals surface area contributed by atoms with Crippen LogP contribution in [0.25, 0.3) is 0 Å². The van der Waals surface area contributed by atoms with Crippen LogP contribution in [-0.2, 0) is 9.53 Å². The van der Waals surface area contributed by atoms with Gasteiger partial charge in [0.25, 0.3) is 0 Å². The van der Waals surface area contributed by atoms with Crippen molar-refractivity contribution in [2.24, 2.45) is 11.3 Å². The Morgan fingerprint density at radius 1 is 1.47 bits per heavy atom. The second-order valence-electron chi connectivity index (χ2n) is 6.17. The zero-order valence-electron chi connectivity index (χ0n) is 10.7. The molecule has 3 unspecified atom stereocenters. The second kappa shape index (κ2) is 3.24. The summed E-state index contributed by atoms with van der Waals surface area (Å²) in [5.41, 5.74) is 1.76. The molecule has 0 amide bonds. The van der Waals surface area contributed by atoms with Crippen molar-refractivity contribution in [1.29, 1.82) is 0 Å². The largest absolute Gasteiger partial charge is 0.451 e. The van der Waals surface area contributed by atoms with Crippen LogP contribution in [0.5, 0.6) is 0 Å². The number of allylic oxidation sites excluding steroid dienone is 1. The Bertz CT molecular complexity index is 434. The van der Waals surface area contributed by atoms with Gasteiger partial charge < -0.3 is 4.74 Å². The summed E-state index contributed by atoms with van der Waals surface area (Å²) in [7, 11) is 0. The SMILES string of the molecule is C=C1C(=O)OC23CC1CCC2(C)CCC=C3C. The van der Waals surface area contributed by atoms with Crippen LogP contribution in [0.3, 0.4) is 0 Å². The van der Waals surface area contributed by atoms with Crippen LogP contribution in [0.15, 0.2) is 23.8 Å². The van der Waals surface area contributed by atoms with Gasteiger partial charge in [0, 0.05) is 11.0 Å². The third-order valence-corrected chi connectivity index (χ3v) is 5.36. The summed E-state index contributed by atoms with van der Waals surface area (Å²) in [6.07, 6.45) is 7.71. The average Bonchev–Trinajstić information content (AvgIpc) is 2.29. The van der Waals surface area contributed by atoms with E-state index in [0.717, 1.165) is 32.1 Å². The molecular weight excluding hydrogens is 212 g/mol. The molecule has 17 heavy (non-hydrogen) atoms. The number of fused-ring (bicyclic) bond motifs is 1. The lowest BCUT2D eigenvalue weighted by Crippen LogP contribution is -2.59. The Morgan fingerprint density at radius 3 is 3.00 bits per heavy atom. The van der Waals surface area contributed by atoms with E-state index in [1.165, 1.54) is 5.57 Å². The molecular formula is C15H20O2. The molecule has 0 radical (unpaired) electrons. The van der Waals surface area contributed by atoms with Gasteiger partial charge in [0.05, 0.1) is 0 Å². The maximum atomic E-state index is 12.0. The van der Waals surface area contributed by atoms with Crippen LogP contribution in [0, 0.1) is 11.3 Å². The van der Waals surface area contributed by atoms with E-state index in [9.17, 15) is 4.79 Å². The van der Waals surface area contributed by atoms with Crippen molar-refractivity contribution >= 4 is 5.97 Å². The first kappa shape index (κ1) is 11.1. The second-order valence-corrected chi connectivity index (χ2v) is 6.17. The molecule has 1 saturated heterocycles. The topological polar surface area (TPSA) is 26.3 Å². The minimum absolute atomic E-state index is 0.138. The van der Waals surface area contributed by atoms with Crippen LogP contribution in [0.1, 0.15) is 46.0 Å². The molecule has 2 bridgehead atoms. The lowest BCUT2D eigenvalue weighted by molar-refractivity contribution is -0.186. The Morgan fingerprint density at radius 2 is 2.24 bits per heavy atom. The van der Waals surface area contributed by atoms with E-state index >= 15 is 0 Å². The van der Waals surface area contributed by atoms with Gasteiger partial charge in [-0.15, -0.1) is 0 Å². The van der Waals surface area contributed by atoms with Gasteiger partial charge in [-0.3, -0.25) is 0 Å². The van der Waals surface area contributed by atoms with Gasteiger partial charge >= 0.3 is 5.97 Å². The minimum Gasteiger partial charge on any atom is -0.451 e. The number of esters is 1. The molecule has 3 rings (SSSR count). The van der Waals surface area contributed by atoms with E-state index in [0.29, 0.717) is 11.5 Å². The number of ether oxygens (including phenoxy) is 1. The van der Waals surface area contributed by atoms with Crippen LogP contribution in [0.2, 0.25) is 0 Å². The summed E-state index contributed by atoms with van der Waals surface area (Å²) in [5.74, 6) is 0.174. The van der Waals surface area contributed by atoms with Crippen LogP contribution < -0.4 is 0 Å². The van der Waals surface area contributed by atoms with Crippen molar-refractivity contribution in [2.45, 2.75) is 51.6 Å². The quantitative estimate of drug-likeness (QED) is 0.363. The van der Waals surface area contributed by atoms with Crippen LogP contribution in [0.4, 0.5) is 0 Å². The van der Waals surface area contributed by atoms with Gasteiger partial charge in [0.1, 0.15) is 5.60 Å². The third kappa shape index (κ3) is 1.24. The molecule has 92 valence electrons. The summed E-state index contributed by atoms with van der Waals surface area (Å²) in [4.78, 5) is 12.0. The first-order valence-corrected chi connectivity index (χ1v) is 6.58. The lowest BCUT2D eigenvalue weighted by atomic mass is 9.53. The average molecular weight is 232 g/mol. The predicted molar refractivity (Wildman–Crippen MR) is 66.4 cm³/mol. The van der Waals surface area contributed by atoms with E-state index in [-0.39, 0.29) is 17.0 Å². The van der Waals surface area contributed by atoms with Gasteiger partial charge in [-0.05, 0) is 50.5 Å². The highest BCUT2D eigenvalue weighted by molar-refractivity contribution is 5.90. The highest BCUT2D eigenvalue weighted by Gasteiger charge is 2.59. The number of rotatable bonds is 0. The zero-order valence-corrected chi connectivity index (χ0v) is 10.7. The zero-order chi connectivity index (χ0) is 12.3. The smallest absolute Gasteiger partial charge is 0.334 e. The number of carbonyl (C=O) groups excluding carboxylic acids is 1. The molecule has 2 nitrogen and oxygen atoms in total. The van der Waals surface area contributed by atoms with Gasteiger partial charge in [0.2, 0.25) is 0 Å². The molecule has 1 aliphatic heterocycles. The van der Waals surface area contributed by atoms with Crippen molar-refractivity contribution in [2.75, 3.05) is 0 Å². The van der Waals surface area contributed by atoms with E-state index < -0.39 is 0 Å². The predicted octanol–water partition coefficient (Wildman–Crippen LogP) is 3.38. The summed E-state index contributed by atoms with van der Waals surface area (Å²) in [6.45, 7) is 8.32. The Balaban J connectivity index is 2.11. The first-order valence-electron chi connectivity index (χ1n) is 6.58. The maximum absolute atomic E-state index is 12.0. The lowest BCUT2D eigenvalue weighted by Gasteiger charge is -2.58. The Hall–Kier alpha value is -1.05. The van der Waals surface area contributed by atoms with Gasteiger partial charge in [-0.25, -0.2) is 4.79 Å². The highest BCUT2D eigenvalue weighted by atomic mass is 16.6. The van der Waals surface area contributed by atoms with E-state index in [1.54, 1.807) is 0 Å². The molecule has 2 heteroatoms. The number of carbonyl (C=O) groups is 1. The minimum atomic E-state index is -0.327. The molecule has 3 atom stereocenters. The van der Waals surface area contributed by atoms with Crippen molar-refractivity contribution in [3.63, 3.8) is 0 Å². The maximum Gasteiger partial charge on any atom is 0.334 e. The van der Waals surface area contributed by atoms with Crippen LogP contribution >= 0.6 is 0 Å². The van der Waals surface area contributed by atoms with Crippen molar-refractivity contribution in [3.8, 4) is 0 Å². The third-order valence-electron chi connectivity index (χ3n) is 5.36. The van der Waals surface area contributed by atoms with Gasteiger partial charge in [0.15, 0.2) is 0 Å². The molecule has 1 saturated carbocycles. The standard InChI is InChI=1S/C15H20O2/c1-10-5-4-7-14(3)8-6-12-9-15(10,14)17-13(16)11(12)2/h5,12H,2,4,6-9H2,1,3H3. The fraction of sp³-hybridized carbons (Fsp3) is 0.667. The Kier molecular flexibility index (Phi) is 2.11. The summed E-state index contributed by atoms with van der Waals surface area (Å²) >= 11 is 0. The normalized spacial score (nSPS) is 44.8. The molecule has 2 aliphatic carbocycles. The summed E-state index contributed by atoms with van der Waals surface area (Å²) in [6, 6.07) is 0. The molecule has 1 heterocycles. The van der Waals surface area contributed by atoms with E-state index in [2.05, 4.69) is 26.5 Å². The molecule has 0 aromatic carbocycles. The van der Waals surface area contributed by atoms with Crippen molar-refractivity contribution in [3.05, 3.63) is 23.8 Å². The molecule has 0 aromatic rings. The molecule has 1 spiro atoms. The fourth-order valence-corrected chi connectivity index (χ4v) is 4.06. The summed E-state index contributed by atoms with van der Waals surface area (Å²) in [5, 5.41) is 0. The van der Waals surface area contributed by atoms with Crippen molar-refractivity contribution in [1.82, 2.24) is 0 Å². The van der Waals surface area contributed by atoms with Gasteiger partial charge in [-0.1, -0.05) is 19.6 Å². The van der Waals surface area contributed by atoms with E-state index in [1.807, 2.05) is 0 Å². The molecule has 0 aromatic heterocycles. The van der Waals surface area contributed by atoms with E-state index in [4.69, 9.17) is 4.74 Å². The molecule has 3 aliphatic rings. The summed E-state index contributed by atoms with van der Waals surface area (Å²) < 4.78 is 5.87. The molecule has 2 fully saturated rings. The first-order chi connectivity index (χ1) is 7.98. The Labute approximate surface area is 103 Å². The van der Waals surface area contributed by atoms with Crippen LogP contribution in [-0.4, -0.2) is 11.6 Å². The van der Waals surface area contributed by atoms with Crippen molar-refractivity contribution < 1.29 is 9.53 Å². The van der Waals surface area contributed by atoms with Gasteiger partial charge in [-0.2, -0.15) is 0 Å². The number of hydrogen-bond donors (Lipinski definition) is 0. The monoisotopic (exact) mass is 232 g/mol. The molecule has 0 N–H and O–H groups in total. The fourth-order valence-electron chi connectivity index (χ4n) is 4.06. The highest BCUT2D eigenvalue weighted by Crippen LogP contribution is 2.59.